The van der Waals surface area contributed by atoms with Crippen molar-refractivity contribution in [2.45, 2.75) is 13.0 Å². The number of nitrogens with zero attached hydrogens (tertiary/aromatic N) is 4. The number of nitro groups is 1. The van der Waals surface area contributed by atoms with Gasteiger partial charge in [-0.15, -0.1) is 0 Å². The number of likely N-dealkylation sites (N-methyl/N-ethyl adjacent to an activating group) is 2. The minimum Gasteiger partial charge on any atom is -0.450 e. The Morgan fingerprint density at radius 2 is 1.93 bits per heavy atom. The van der Waals surface area contributed by atoms with Crippen LogP contribution >= 0.6 is 0 Å². The van der Waals surface area contributed by atoms with Gasteiger partial charge in [-0.05, 0) is 19.1 Å². The van der Waals surface area contributed by atoms with E-state index in [1.807, 2.05) is 42.3 Å². The average molecular weight is 418 g/mol. The molecule has 1 heterocycles. The standard InChI is InChI=1S/C19H26N6O5/c1-4-30-19(27)22-16-10-15(17(25(28)29)18(20)21-16)24(3)12-14(26)11-23(2)13-8-6-5-7-9-13/h5-10,14,26H,4,11-12H2,1-3H3,(H3,20,21,22,27). The van der Waals surface area contributed by atoms with Gasteiger partial charge in [0.25, 0.3) is 0 Å². The van der Waals surface area contributed by atoms with Crippen LogP contribution in [0.25, 0.3) is 0 Å². The predicted molar refractivity (Wildman–Crippen MR) is 115 cm³/mol. The van der Waals surface area contributed by atoms with Crippen molar-refractivity contribution in [1.29, 1.82) is 0 Å². The summed E-state index contributed by atoms with van der Waals surface area (Å²) in [6.45, 7) is 2.18. The first-order valence-electron chi connectivity index (χ1n) is 9.27. The summed E-state index contributed by atoms with van der Waals surface area (Å²) in [5.41, 5.74) is 6.39. The smallest absolute Gasteiger partial charge is 0.412 e. The van der Waals surface area contributed by atoms with E-state index in [9.17, 15) is 20.0 Å². The second-order valence-electron chi connectivity index (χ2n) is 6.61. The highest BCUT2D eigenvalue weighted by Crippen LogP contribution is 2.34. The quantitative estimate of drug-likeness (QED) is 0.411. The fraction of sp³-hybridized carbons (Fsp3) is 0.368. The monoisotopic (exact) mass is 418 g/mol. The predicted octanol–water partition coefficient (Wildman–Crippen LogP) is 2.07. The third-order valence-corrected chi connectivity index (χ3v) is 4.27. The first kappa shape index (κ1) is 22.7. The lowest BCUT2D eigenvalue weighted by atomic mass is 10.2. The SMILES string of the molecule is CCOC(=O)Nc1cc(N(C)CC(O)CN(C)c2ccccc2)c([N+](=O)[O-])c(N)n1. The maximum atomic E-state index is 11.7. The molecule has 2 aromatic rings. The number of para-hydroxylation sites is 1. The summed E-state index contributed by atoms with van der Waals surface area (Å²) in [7, 11) is 3.43. The number of benzene rings is 1. The molecule has 1 unspecified atom stereocenters. The van der Waals surface area contributed by atoms with E-state index in [2.05, 4.69) is 10.3 Å². The molecule has 1 aromatic heterocycles. The topological polar surface area (TPSA) is 147 Å². The summed E-state index contributed by atoms with van der Waals surface area (Å²) in [6, 6.07) is 10.8. The van der Waals surface area contributed by atoms with Gasteiger partial charge in [0.1, 0.15) is 11.5 Å². The summed E-state index contributed by atoms with van der Waals surface area (Å²) >= 11 is 0. The minimum absolute atomic E-state index is 0.00861. The average Bonchev–Trinajstić information content (AvgIpc) is 2.67. The number of pyridine rings is 1. The summed E-state index contributed by atoms with van der Waals surface area (Å²) in [6.07, 6.45) is -1.58. The van der Waals surface area contributed by atoms with Crippen molar-refractivity contribution in [3.05, 3.63) is 46.5 Å². The number of rotatable bonds is 9. The molecule has 2 rings (SSSR count). The van der Waals surface area contributed by atoms with E-state index in [0.717, 1.165) is 5.69 Å². The fourth-order valence-corrected chi connectivity index (χ4v) is 2.93. The largest absolute Gasteiger partial charge is 0.450 e. The van der Waals surface area contributed by atoms with Gasteiger partial charge in [-0.3, -0.25) is 15.4 Å². The Bertz CT molecular complexity index is 879. The Morgan fingerprint density at radius 1 is 1.30 bits per heavy atom. The molecule has 0 fully saturated rings. The van der Waals surface area contributed by atoms with Crippen LogP contribution in [-0.2, 0) is 4.74 Å². The molecule has 11 nitrogen and oxygen atoms in total. The number of nitrogens with two attached hydrogens (primary N) is 1. The van der Waals surface area contributed by atoms with Gasteiger partial charge in [-0.2, -0.15) is 0 Å². The lowest BCUT2D eigenvalue weighted by Crippen LogP contribution is -2.38. The molecule has 1 atom stereocenters. The number of ether oxygens (including phenoxy) is 1. The van der Waals surface area contributed by atoms with E-state index in [1.54, 1.807) is 14.0 Å². The summed E-state index contributed by atoms with van der Waals surface area (Å²) in [5.74, 6) is -0.346. The number of aliphatic hydroxyl groups is 1. The van der Waals surface area contributed by atoms with E-state index in [1.165, 1.54) is 11.0 Å². The third-order valence-electron chi connectivity index (χ3n) is 4.27. The Balaban J connectivity index is 2.19. The number of nitrogens with one attached hydrogen (secondary N) is 1. The van der Waals surface area contributed by atoms with E-state index < -0.39 is 22.8 Å². The van der Waals surface area contributed by atoms with Gasteiger partial charge in [-0.1, -0.05) is 18.2 Å². The van der Waals surface area contributed by atoms with Crippen LogP contribution in [-0.4, -0.2) is 61.0 Å². The van der Waals surface area contributed by atoms with Crippen LogP contribution in [0.2, 0.25) is 0 Å². The van der Waals surface area contributed by atoms with Gasteiger partial charge < -0.3 is 25.4 Å². The molecule has 0 aliphatic rings. The van der Waals surface area contributed by atoms with Crippen molar-refractivity contribution in [3.8, 4) is 0 Å². The van der Waals surface area contributed by atoms with Crippen molar-refractivity contribution in [2.75, 3.05) is 54.6 Å². The molecule has 0 spiro atoms. The van der Waals surface area contributed by atoms with Gasteiger partial charge in [0.15, 0.2) is 0 Å². The number of carbonyl (C=O) groups is 1. The van der Waals surface area contributed by atoms with E-state index >= 15 is 0 Å². The van der Waals surface area contributed by atoms with Crippen LogP contribution < -0.4 is 20.9 Å². The lowest BCUT2D eigenvalue weighted by Gasteiger charge is -2.27. The highest BCUT2D eigenvalue weighted by atomic mass is 16.6. The first-order chi connectivity index (χ1) is 14.2. The molecule has 11 heteroatoms. The number of aliphatic hydroxyl groups excluding tert-OH is 1. The second kappa shape index (κ2) is 10.3. The van der Waals surface area contributed by atoms with Crippen molar-refractivity contribution in [1.82, 2.24) is 4.98 Å². The molecule has 30 heavy (non-hydrogen) atoms. The fourth-order valence-electron chi connectivity index (χ4n) is 2.93. The number of aromatic nitrogens is 1. The zero-order chi connectivity index (χ0) is 22.3. The highest BCUT2D eigenvalue weighted by molar-refractivity contribution is 5.86. The van der Waals surface area contributed by atoms with E-state index in [0.29, 0.717) is 6.54 Å². The van der Waals surface area contributed by atoms with Gasteiger partial charge in [-0.25, -0.2) is 9.78 Å². The molecule has 4 N–H and O–H groups in total. The Hall–Kier alpha value is -3.60. The number of anilines is 4. The van der Waals surface area contributed by atoms with Crippen LogP contribution in [0.3, 0.4) is 0 Å². The minimum atomic E-state index is -0.823. The second-order valence-corrected chi connectivity index (χ2v) is 6.61. The molecule has 1 amide bonds. The molecule has 0 bridgehead atoms. The molecule has 0 aliphatic heterocycles. The van der Waals surface area contributed by atoms with Crippen molar-refractivity contribution >= 4 is 34.8 Å². The summed E-state index contributed by atoms with van der Waals surface area (Å²) in [5, 5.41) is 24.4. The van der Waals surface area contributed by atoms with Crippen LogP contribution in [0.5, 0.6) is 0 Å². The Labute approximate surface area is 174 Å². The van der Waals surface area contributed by atoms with Gasteiger partial charge >= 0.3 is 11.8 Å². The number of carbonyl (C=O) groups excluding carboxylic acids is 1. The van der Waals surface area contributed by atoms with Gasteiger partial charge in [0.2, 0.25) is 5.82 Å². The molecule has 0 saturated heterocycles. The van der Waals surface area contributed by atoms with Crippen molar-refractivity contribution < 1.29 is 19.6 Å². The van der Waals surface area contributed by atoms with Gasteiger partial charge in [0.05, 0.1) is 17.6 Å². The number of nitrogen functional groups attached to an aromatic ring is 1. The highest BCUT2D eigenvalue weighted by Gasteiger charge is 2.26. The number of amides is 1. The normalized spacial score (nSPS) is 11.5. The molecule has 162 valence electrons. The molecule has 0 radical (unpaired) electrons. The maximum absolute atomic E-state index is 11.7. The maximum Gasteiger partial charge on any atom is 0.412 e. The van der Waals surface area contributed by atoms with Crippen LogP contribution in [0.4, 0.5) is 33.5 Å². The van der Waals surface area contributed by atoms with Crippen LogP contribution in [0.1, 0.15) is 6.92 Å². The number of hydrogen-bond donors (Lipinski definition) is 3. The number of hydrogen-bond acceptors (Lipinski definition) is 9. The summed E-state index contributed by atoms with van der Waals surface area (Å²) < 4.78 is 4.79. The van der Waals surface area contributed by atoms with E-state index in [4.69, 9.17) is 10.5 Å². The van der Waals surface area contributed by atoms with E-state index in [-0.39, 0.29) is 30.5 Å². The molecule has 1 aromatic carbocycles. The first-order valence-corrected chi connectivity index (χ1v) is 9.27. The van der Waals surface area contributed by atoms with Crippen LogP contribution in [0.15, 0.2) is 36.4 Å². The zero-order valence-corrected chi connectivity index (χ0v) is 17.1. The third kappa shape index (κ3) is 5.95. The summed E-state index contributed by atoms with van der Waals surface area (Å²) in [4.78, 5) is 29.7. The van der Waals surface area contributed by atoms with Gasteiger partial charge in [0, 0.05) is 38.9 Å². The lowest BCUT2D eigenvalue weighted by molar-refractivity contribution is -0.383. The Kier molecular flexibility index (Phi) is 7.76. The molecule has 0 saturated carbocycles. The molecular weight excluding hydrogens is 392 g/mol. The molecule has 0 aliphatic carbocycles. The van der Waals surface area contributed by atoms with Crippen molar-refractivity contribution in [3.63, 3.8) is 0 Å². The Morgan fingerprint density at radius 3 is 2.53 bits per heavy atom. The molecular formula is C19H26N6O5. The zero-order valence-electron chi connectivity index (χ0n) is 17.1. The van der Waals surface area contributed by atoms with Crippen LogP contribution in [0, 0.1) is 10.1 Å². The van der Waals surface area contributed by atoms with Crippen molar-refractivity contribution in [2.24, 2.45) is 0 Å².